The lowest BCUT2D eigenvalue weighted by Gasteiger charge is -2.37. The second kappa shape index (κ2) is 6.93. The van der Waals surface area contributed by atoms with Gasteiger partial charge in [-0.1, -0.05) is 40.0 Å². The highest BCUT2D eigenvalue weighted by atomic mass is 14.9. The maximum atomic E-state index is 3.78. The molecule has 0 aliphatic heterocycles. The summed E-state index contributed by atoms with van der Waals surface area (Å²) in [4.78, 5) is 0. The molecular formula is C17H33N. The Morgan fingerprint density at radius 1 is 1.00 bits per heavy atom. The molecule has 3 atom stereocenters. The molecule has 2 fully saturated rings. The predicted octanol–water partition coefficient (Wildman–Crippen LogP) is 4.62. The van der Waals surface area contributed by atoms with E-state index in [2.05, 4.69) is 26.1 Å². The highest BCUT2D eigenvalue weighted by Crippen LogP contribution is 2.38. The lowest BCUT2D eigenvalue weighted by Crippen LogP contribution is -2.34. The van der Waals surface area contributed by atoms with Gasteiger partial charge in [-0.3, -0.25) is 0 Å². The zero-order valence-electron chi connectivity index (χ0n) is 12.8. The van der Waals surface area contributed by atoms with Gasteiger partial charge in [-0.15, -0.1) is 0 Å². The van der Waals surface area contributed by atoms with Crippen molar-refractivity contribution in [2.24, 2.45) is 23.7 Å². The summed E-state index contributed by atoms with van der Waals surface area (Å²) in [7, 11) is 0. The molecule has 18 heavy (non-hydrogen) atoms. The zero-order valence-corrected chi connectivity index (χ0v) is 12.8. The van der Waals surface area contributed by atoms with Gasteiger partial charge in [-0.2, -0.15) is 0 Å². The second-order valence-corrected chi connectivity index (χ2v) is 7.04. The number of rotatable bonds is 7. The van der Waals surface area contributed by atoms with Crippen molar-refractivity contribution in [2.45, 2.75) is 78.2 Å². The van der Waals surface area contributed by atoms with Crippen LogP contribution in [0.25, 0.3) is 0 Å². The minimum atomic E-state index is 0.887. The van der Waals surface area contributed by atoms with Gasteiger partial charge < -0.3 is 5.32 Å². The van der Waals surface area contributed by atoms with Crippen molar-refractivity contribution in [3.63, 3.8) is 0 Å². The monoisotopic (exact) mass is 251 g/mol. The lowest BCUT2D eigenvalue weighted by atomic mass is 9.70. The number of nitrogens with one attached hydrogen (secondary N) is 1. The molecule has 0 heterocycles. The normalized spacial score (nSPS) is 33.0. The van der Waals surface area contributed by atoms with Crippen LogP contribution in [0.4, 0.5) is 0 Å². The molecule has 0 saturated heterocycles. The van der Waals surface area contributed by atoms with Crippen molar-refractivity contribution in [3.8, 4) is 0 Å². The van der Waals surface area contributed by atoms with Gasteiger partial charge in [0.05, 0.1) is 0 Å². The van der Waals surface area contributed by atoms with Gasteiger partial charge in [0.2, 0.25) is 0 Å². The van der Waals surface area contributed by atoms with Crippen LogP contribution in [0.2, 0.25) is 0 Å². The fourth-order valence-electron chi connectivity index (χ4n) is 3.77. The van der Waals surface area contributed by atoms with E-state index in [0.717, 1.165) is 29.7 Å². The molecule has 0 aromatic heterocycles. The Kier molecular flexibility index (Phi) is 5.54. The van der Waals surface area contributed by atoms with E-state index >= 15 is 0 Å². The quantitative estimate of drug-likeness (QED) is 0.696. The second-order valence-electron chi connectivity index (χ2n) is 7.04. The first-order valence-corrected chi connectivity index (χ1v) is 8.46. The van der Waals surface area contributed by atoms with E-state index in [1.54, 1.807) is 0 Å². The summed E-state index contributed by atoms with van der Waals surface area (Å²) < 4.78 is 0. The minimum absolute atomic E-state index is 0.887. The van der Waals surface area contributed by atoms with Crippen LogP contribution >= 0.6 is 0 Å². The Morgan fingerprint density at radius 2 is 1.72 bits per heavy atom. The van der Waals surface area contributed by atoms with Crippen LogP contribution in [0.15, 0.2) is 0 Å². The van der Waals surface area contributed by atoms with Crippen LogP contribution in [-0.4, -0.2) is 12.6 Å². The summed E-state index contributed by atoms with van der Waals surface area (Å²) in [6.07, 6.45) is 11.6. The van der Waals surface area contributed by atoms with Crippen molar-refractivity contribution in [1.82, 2.24) is 5.32 Å². The first-order valence-electron chi connectivity index (χ1n) is 8.46. The van der Waals surface area contributed by atoms with Crippen molar-refractivity contribution < 1.29 is 0 Å². The van der Waals surface area contributed by atoms with Crippen LogP contribution in [0.1, 0.15) is 72.1 Å². The molecule has 2 saturated carbocycles. The maximum Gasteiger partial charge on any atom is 0.00683 e. The molecule has 0 amide bonds. The molecule has 0 bridgehead atoms. The van der Waals surface area contributed by atoms with Gasteiger partial charge in [-0.25, -0.2) is 0 Å². The summed E-state index contributed by atoms with van der Waals surface area (Å²) in [5.74, 6) is 3.93. The first kappa shape index (κ1) is 14.4. The topological polar surface area (TPSA) is 12.0 Å². The molecule has 3 unspecified atom stereocenters. The smallest absolute Gasteiger partial charge is 0.00683 e. The highest BCUT2D eigenvalue weighted by molar-refractivity contribution is 4.86. The van der Waals surface area contributed by atoms with E-state index in [1.807, 2.05) is 0 Å². The van der Waals surface area contributed by atoms with E-state index in [1.165, 1.54) is 57.9 Å². The zero-order chi connectivity index (χ0) is 13.0. The minimum Gasteiger partial charge on any atom is -0.314 e. The lowest BCUT2D eigenvalue weighted by molar-refractivity contribution is 0.151. The molecule has 106 valence electrons. The maximum absolute atomic E-state index is 3.78. The fourth-order valence-corrected chi connectivity index (χ4v) is 3.77. The molecule has 0 aromatic rings. The van der Waals surface area contributed by atoms with Gasteiger partial charge in [0, 0.05) is 6.04 Å². The molecule has 1 nitrogen and oxygen atoms in total. The number of hydrogen-bond donors (Lipinski definition) is 1. The highest BCUT2D eigenvalue weighted by Gasteiger charge is 2.31. The Labute approximate surface area is 114 Å². The van der Waals surface area contributed by atoms with Crippen LogP contribution in [0.3, 0.4) is 0 Å². The Hall–Kier alpha value is -0.0400. The van der Waals surface area contributed by atoms with Crippen molar-refractivity contribution in [2.75, 3.05) is 6.54 Å². The molecule has 0 radical (unpaired) electrons. The molecule has 1 heteroatoms. The Balaban J connectivity index is 1.83. The summed E-state index contributed by atoms with van der Waals surface area (Å²) in [5.41, 5.74) is 0. The predicted molar refractivity (Wildman–Crippen MR) is 79.7 cm³/mol. The summed E-state index contributed by atoms with van der Waals surface area (Å²) in [5, 5.41) is 3.78. The molecule has 1 N–H and O–H groups in total. The SMILES string of the molecule is CCC(CC)CC1CC(C)CCC1CNC1CC1. The average molecular weight is 251 g/mol. The molecule has 2 rings (SSSR count). The van der Waals surface area contributed by atoms with E-state index in [0.29, 0.717) is 0 Å². The fraction of sp³-hybridized carbons (Fsp3) is 1.00. The largest absolute Gasteiger partial charge is 0.314 e. The van der Waals surface area contributed by atoms with Crippen LogP contribution in [0.5, 0.6) is 0 Å². The van der Waals surface area contributed by atoms with Gasteiger partial charge >= 0.3 is 0 Å². The third-order valence-corrected chi connectivity index (χ3v) is 5.44. The standard InChI is InChI=1S/C17H33N/c1-4-14(5-2)11-16-10-13(3)6-7-15(16)12-18-17-8-9-17/h13-18H,4-12H2,1-3H3. The van der Waals surface area contributed by atoms with E-state index < -0.39 is 0 Å². The van der Waals surface area contributed by atoms with Crippen molar-refractivity contribution in [1.29, 1.82) is 0 Å². The third-order valence-electron chi connectivity index (χ3n) is 5.44. The molecule has 0 spiro atoms. The first-order chi connectivity index (χ1) is 8.72. The summed E-state index contributed by atoms with van der Waals surface area (Å²) >= 11 is 0. The molecule has 0 aromatic carbocycles. The van der Waals surface area contributed by atoms with Gasteiger partial charge in [0.25, 0.3) is 0 Å². The van der Waals surface area contributed by atoms with Crippen molar-refractivity contribution in [3.05, 3.63) is 0 Å². The Morgan fingerprint density at radius 3 is 2.33 bits per heavy atom. The summed E-state index contributed by atoms with van der Waals surface area (Å²) in [6, 6.07) is 0.887. The average Bonchev–Trinajstić information content (AvgIpc) is 3.19. The van der Waals surface area contributed by atoms with Gasteiger partial charge in [0.15, 0.2) is 0 Å². The number of hydrogen-bond acceptors (Lipinski definition) is 1. The molecule has 2 aliphatic rings. The third kappa shape index (κ3) is 4.26. The van der Waals surface area contributed by atoms with E-state index in [-0.39, 0.29) is 0 Å². The van der Waals surface area contributed by atoms with Crippen molar-refractivity contribution >= 4 is 0 Å². The van der Waals surface area contributed by atoms with Crippen LogP contribution in [-0.2, 0) is 0 Å². The van der Waals surface area contributed by atoms with Crippen LogP contribution < -0.4 is 5.32 Å². The van der Waals surface area contributed by atoms with Gasteiger partial charge in [-0.05, 0) is 62.3 Å². The van der Waals surface area contributed by atoms with Gasteiger partial charge in [0.1, 0.15) is 0 Å². The summed E-state index contributed by atoms with van der Waals surface area (Å²) in [6.45, 7) is 8.52. The van der Waals surface area contributed by atoms with Crippen LogP contribution in [0, 0.1) is 23.7 Å². The molecular weight excluding hydrogens is 218 g/mol. The molecule has 2 aliphatic carbocycles. The Bertz CT molecular complexity index is 230. The van der Waals surface area contributed by atoms with E-state index in [4.69, 9.17) is 0 Å². The van der Waals surface area contributed by atoms with E-state index in [9.17, 15) is 0 Å².